The molecule has 1 atom stereocenters. The van der Waals surface area contributed by atoms with Gasteiger partial charge in [0.2, 0.25) is 5.76 Å². The molecule has 3 rings (SSSR count). The van der Waals surface area contributed by atoms with Gasteiger partial charge in [-0.3, -0.25) is 9.69 Å². The fourth-order valence-electron chi connectivity index (χ4n) is 3.22. The maximum atomic E-state index is 12.3. The number of rotatable bonds is 6. The van der Waals surface area contributed by atoms with Crippen molar-refractivity contribution in [2.45, 2.75) is 39.7 Å². The molecule has 0 saturated carbocycles. The van der Waals surface area contributed by atoms with Crippen LogP contribution in [0.15, 0.2) is 27.2 Å². The van der Waals surface area contributed by atoms with Gasteiger partial charge in [-0.25, -0.2) is 4.98 Å². The summed E-state index contributed by atoms with van der Waals surface area (Å²) < 4.78 is 10.9. The van der Waals surface area contributed by atoms with Crippen LogP contribution in [0.1, 0.15) is 47.7 Å². The minimum atomic E-state index is -0.164. The molecule has 1 saturated heterocycles. The Morgan fingerprint density at radius 3 is 3.08 bits per heavy atom. The van der Waals surface area contributed by atoms with Gasteiger partial charge in [0.05, 0.1) is 18.5 Å². The molecule has 0 aliphatic carbocycles. The number of hydrogen-bond acceptors (Lipinski definition) is 5. The number of piperidine rings is 1. The van der Waals surface area contributed by atoms with E-state index in [1.807, 2.05) is 26.0 Å². The third-order valence-electron chi connectivity index (χ3n) is 4.46. The number of nitrogens with one attached hydrogen (secondary N) is 1. The van der Waals surface area contributed by atoms with E-state index >= 15 is 0 Å². The number of oxazole rings is 1. The van der Waals surface area contributed by atoms with Gasteiger partial charge < -0.3 is 14.2 Å². The fraction of sp³-hybridized carbons (Fsp3) is 0.556. The Kier molecular flexibility index (Phi) is 5.35. The molecule has 6 heteroatoms. The van der Waals surface area contributed by atoms with Gasteiger partial charge in [-0.1, -0.05) is 6.92 Å². The zero-order chi connectivity index (χ0) is 16.9. The largest absolute Gasteiger partial charge is 0.468 e. The molecule has 0 aromatic carbocycles. The Morgan fingerprint density at radius 2 is 2.38 bits per heavy atom. The number of amides is 1. The number of aryl methyl sites for hydroxylation is 2. The van der Waals surface area contributed by atoms with Gasteiger partial charge in [0.1, 0.15) is 5.76 Å². The van der Waals surface area contributed by atoms with Crippen LogP contribution in [-0.2, 0) is 13.0 Å². The number of nitrogens with zero attached hydrogens (tertiary/aromatic N) is 2. The summed E-state index contributed by atoms with van der Waals surface area (Å²) in [4.78, 5) is 18.9. The molecular weight excluding hydrogens is 306 g/mol. The molecular formula is C18H25N3O3. The topological polar surface area (TPSA) is 71.5 Å². The van der Waals surface area contributed by atoms with Crippen LogP contribution in [0.3, 0.4) is 0 Å². The van der Waals surface area contributed by atoms with Gasteiger partial charge >= 0.3 is 0 Å². The Labute approximate surface area is 142 Å². The van der Waals surface area contributed by atoms with Gasteiger partial charge in [0.15, 0.2) is 5.89 Å². The minimum absolute atomic E-state index is 0.164. The molecule has 1 N–H and O–H groups in total. The van der Waals surface area contributed by atoms with Crippen molar-refractivity contribution in [2.24, 2.45) is 5.92 Å². The molecule has 1 aliphatic heterocycles. The third-order valence-corrected chi connectivity index (χ3v) is 4.46. The average molecular weight is 331 g/mol. The smallest absolute Gasteiger partial charge is 0.289 e. The van der Waals surface area contributed by atoms with E-state index in [2.05, 4.69) is 15.2 Å². The van der Waals surface area contributed by atoms with Crippen LogP contribution in [0.2, 0.25) is 0 Å². The first kappa shape index (κ1) is 16.8. The molecule has 0 spiro atoms. The summed E-state index contributed by atoms with van der Waals surface area (Å²) in [5.41, 5.74) is 0.660. The SMILES string of the molecule is CCc1nc(C)c(C(=O)NCC2CCCN(Cc3ccco3)C2)o1. The maximum absolute atomic E-state index is 12.3. The number of aromatic nitrogens is 1. The Morgan fingerprint density at radius 1 is 1.50 bits per heavy atom. The first-order valence-corrected chi connectivity index (χ1v) is 8.65. The molecule has 24 heavy (non-hydrogen) atoms. The Bertz CT molecular complexity index is 663. The van der Waals surface area contributed by atoms with Crippen molar-refractivity contribution in [1.29, 1.82) is 0 Å². The first-order valence-electron chi connectivity index (χ1n) is 8.65. The fourth-order valence-corrected chi connectivity index (χ4v) is 3.22. The molecule has 130 valence electrons. The molecule has 1 unspecified atom stereocenters. The van der Waals surface area contributed by atoms with Crippen LogP contribution in [0.5, 0.6) is 0 Å². The molecule has 2 aromatic rings. The average Bonchev–Trinajstić information content (AvgIpc) is 3.22. The molecule has 2 aromatic heterocycles. The van der Waals surface area contributed by atoms with Crippen LogP contribution >= 0.6 is 0 Å². The Balaban J connectivity index is 1.50. The summed E-state index contributed by atoms with van der Waals surface area (Å²) in [5.74, 6) is 2.23. The summed E-state index contributed by atoms with van der Waals surface area (Å²) in [7, 11) is 0. The van der Waals surface area contributed by atoms with Gasteiger partial charge in [0, 0.05) is 19.5 Å². The van der Waals surface area contributed by atoms with E-state index in [-0.39, 0.29) is 5.91 Å². The van der Waals surface area contributed by atoms with Crippen molar-refractivity contribution in [3.05, 3.63) is 41.5 Å². The normalized spacial score (nSPS) is 18.7. The highest BCUT2D eigenvalue weighted by Crippen LogP contribution is 2.18. The van der Waals surface area contributed by atoms with Gasteiger partial charge in [-0.15, -0.1) is 0 Å². The van der Waals surface area contributed by atoms with E-state index in [9.17, 15) is 4.79 Å². The van der Waals surface area contributed by atoms with E-state index in [4.69, 9.17) is 8.83 Å². The number of carbonyl (C=O) groups excluding carboxylic acids is 1. The second-order valence-electron chi connectivity index (χ2n) is 6.41. The lowest BCUT2D eigenvalue weighted by molar-refractivity contribution is 0.0898. The van der Waals surface area contributed by atoms with Crippen molar-refractivity contribution >= 4 is 5.91 Å². The predicted molar refractivity (Wildman–Crippen MR) is 89.7 cm³/mol. The zero-order valence-corrected chi connectivity index (χ0v) is 14.4. The molecule has 1 fully saturated rings. The van der Waals surface area contributed by atoms with Crippen molar-refractivity contribution < 1.29 is 13.6 Å². The Hall–Kier alpha value is -2.08. The van der Waals surface area contributed by atoms with Crippen LogP contribution in [-0.4, -0.2) is 35.4 Å². The summed E-state index contributed by atoms with van der Waals surface area (Å²) in [6, 6.07) is 3.92. The second kappa shape index (κ2) is 7.66. The quantitative estimate of drug-likeness (QED) is 0.881. The lowest BCUT2D eigenvalue weighted by atomic mass is 9.98. The van der Waals surface area contributed by atoms with Crippen molar-refractivity contribution in [3.8, 4) is 0 Å². The van der Waals surface area contributed by atoms with Gasteiger partial charge in [-0.05, 0) is 44.4 Å². The lowest BCUT2D eigenvalue weighted by Crippen LogP contribution is -2.40. The maximum Gasteiger partial charge on any atom is 0.289 e. The van der Waals surface area contributed by atoms with Gasteiger partial charge in [0.25, 0.3) is 5.91 Å². The highest BCUT2D eigenvalue weighted by atomic mass is 16.4. The molecule has 6 nitrogen and oxygen atoms in total. The van der Waals surface area contributed by atoms with Crippen molar-refractivity contribution in [3.63, 3.8) is 0 Å². The van der Waals surface area contributed by atoms with Gasteiger partial charge in [-0.2, -0.15) is 0 Å². The summed E-state index contributed by atoms with van der Waals surface area (Å²) in [6.07, 6.45) is 4.67. The minimum Gasteiger partial charge on any atom is -0.468 e. The second-order valence-corrected chi connectivity index (χ2v) is 6.41. The van der Waals surface area contributed by atoms with Crippen molar-refractivity contribution in [2.75, 3.05) is 19.6 Å². The summed E-state index contributed by atoms with van der Waals surface area (Å²) in [5, 5.41) is 3.00. The predicted octanol–water partition coefficient (Wildman–Crippen LogP) is 2.78. The van der Waals surface area contributed by atoms with Crippen LogP contribution in [0.4, 0.5) is 0 Å². The monoisotopic (exact) mass is 331 g/mol. The lowest BCUT2D eigenvalue weighted by Gasteiger charge is -2.32. The molecule has 1 amide bonds. The summed E-state index contributed by atoms with van der Waals surface area (Å²) in [6.45, 7) is 7.31. The summed E-state index contributed by atoms with van der Waals surface area (Å²) >= 11 is 0. The first-order chi connectivity index (χ1) is 11.7. The van der Waals surface area contributed by atoms with Crippen LogP contribution in [0, 0.1) is 12.8 Å². The zero-order valence-electron chi connectivity index (χ0n) is 14.4. The number of likely N-dealkylation sites (tertiary alicyclic amines) is 1. The van der Waals surface area contributed by atoms with Crippen LogP contribution < -0.4 is 5.32 Å². The molecule has 0 radical (unpaired) electrons. The van der Waals surface area contributed by atoms with Crippen molar-refractivity contribution in [1.82, 2.24) is 15.2 Å². The molecule has 3 heterocycles. The number of furan rings is 1. The standard InChI is InChI=1S/C18H25N3O3/c1-3-16-20-13(2)17(24-16)18(22)19-10-14-6-4-8-21(11-14)12-15-7-5-9-23-15/h5,7,9,14H,3-4,6,8,10-12H2,1-2H3,(H,19,22). The molecule has 0 bridgehead atoms. The highest BCUT2D eigenvalue weighted by molar-refractivity contribution is 5.92. The molecule has 1 aliphatic rings. The van der Waals surface area contributed by atoms with E-state index in [0.29, 0.717) is 36.2 Å². The van der Waals surface area contributed by atoms with Crippen LogP contribution in [0.25, 0.3) is 0 Å². The van der Waals surface area contributed by atoms with E-state index in [1.165, 1.54) is 0 Å². The van der Waals surface area contributed by atoms with E-state index in [0.717, 1.165) is 38.2 Å². The third kappa shape index (κ3) is 4.06. The number of hydrogen-bond donors (Lipinski definition) is 1. The highest BCUT2D eigenvalue weighted by Gasteiger charge is 2.23. The van der Waals surface area contributed by atoms with E-state index in [1.54, 1.807) is 6.26 Å². The van der Waals surface area contributed by atoms with E-state index < -0.39 is 0 Å². The number of carbonyl (C=O) groups is 1.